The van der Waals surface area contributed by atoms with Crippen molar-refractivity contribution in [2.24, 2.45) is 5.92 Å². The monoisotopic (exact) mass is 505 g/mol. The van der Waals surface area contributed by atoms with E-state index >= 15 is 0 Å². The summed E-state index contributed by atoms with van der Waals surface area (Å²) in [5, 5.41) is 2.98. The number of nitrogens with zero attached hydrogens (tertiary/aromatic N) is 2. The summed E-state index contributed by atoms with van der Waals surface area (Å²) in [5.41, 5.74) is 3.64. The fraction of sp³-hybridized carbons (Fsp3) is 0.345. The normalized spacial score (nSPS) is 16.9. The van der Waals surface area contributed by atoms with E-state index in [2.05, 4.69) is 29.3 Å². The van der Waals surface area contributed by atoms with Crippen molar-refractivity contribution in [2.45, 2.75) is 44.6 Å². The van der Waals surface area contributed by atoms with Gasteiger partial charge >= 0.3 is 0 Å². The molecule has 1 aliphatic rings. The fourth-order valence-electron chi connectivity index (χ4n) is 4.64. The molecule has 7 heteroatoms. The van der Waals surface area contributed by atoms with Gasteiger partial charge in [-0.3, -0.25) is 9.10 Å². The second kappa shape index (κ2) is 11.2. The predicted octanol–water partition coefficient (Wildman–Crippen LogP) is 5.30. The molecule has 1 heterocycles. The molecule has 36 heavy (non-hydrogen) atoms. The van der Waals surface area contributed by atoms with E-state index in [4.69, 9.17) is 0 Å². The maximum absolute atomic E-state index is 13.5. The SMILES string of the molecule is Cc1ccc(N(CC(=O)NC(C)c2ccc(N3CCCC(C)C3)cc2)S(=O)(=O)c2ccccc2)cc1. The average Bonchev–Trinajstić information content (AvgIpc) is 2.88. The minimum absolute atomic E-state index is 0.147. The van der Waals surface area contributed by atoms with Crippen LogP contribution >= 0.6 is 0 Å². The number of carbonyl (C=O) groups is 1. The molecular formula is C29H35N3O3S. The summed E-state index contributed by atoms with van der Waals surface area (Å²) < 4.78 is 28.1. The maximum Gasteiger partial charge on any atom is 0.264 e. The standard InChI is InChI=1S/C29H35N3O3S/c1-22-11-15-27(16-12-22)32(36(34,35)28-9-5-4-6-10-28)21-29(33)30-24(3)25-13-17-26(18-14-25)31-19-7-8-23(2)20-31/h4-6,9-18,23-24H,7-8,19-21H2,1-3H3,(H,30,33). The van der Waals surface area contributed by atoms with Gasteiger partial charge in [-0.25, -0.2) is 8.42 Å². The number of piperidine rings is 1. The van der Waals surface area contributed by atoms with Gasteiger partial charge in [0.05, 0.1) is 16.6 Å². The molecule has 1 saturated heterocycles. The lowest BCUT2D eigenvalue weighted by molar-refractivity contribution is -0.120. The van der Waals surface area contributed by atoms with Crippen molar-refractivity contribution in [3.05, 3.63) is 90.0 Å². The van der Waals surface area contributed by atoms with Gasteiger partial charge in [-0.1, -0.05) is 55.0 Å². The summed E-state index contributed by atoms with van der Waals surface area (Å²) >= 11 is 0. The first-order valence-corrected chi connectivity index (χ1v) is 14.0. The Labute approximate surface area is 215 Å². The Balaban J connectivity index is 1.48. The van der Waals surface area contributed by atoms with Crippen LogP contribution in [-0.2, 0) is 14.8 Å². The molecule has 1 aliphatic heterocycles. The van der Waals surface area contributed by atoms with Gasteiger partial charge in [-0.2, -0.15) is 0 Å². The van der Waals surface area contributed by atoms with Crippen LogP contribution < -0.4 is 14.5 Å². The van der Waals surface area contributed by atoms with Gasteiger partial charge in [0, 0.05) is 18.8 Å². The van der Waals surface area contributed by atoms with Crippen LogP contribution in [0.15, 0.2) is 83.8 Å². The quantitative estimate of drug-likeness (QED) is 0.451. The average molecular weight is 506 g/mol. The Morgan fingerprint density at radius 1 is 1.03 bits per heavy atom. The van der Waals surface area contributed by atoms with Crippen LogP contribution in [0.1, 0.15) is 43.9 Å². The third-order valence-corrected chi connectivity index (χ3v) is 8.52. The van der Waals surface area contributed by atoms with Crippen molar-refractivity contribution in [3.8, 4) is 0 Å². The number of aryl methyl sites for hydroxylation is 1. The van der Waals surface area contributed by atoms with E-state index in [1.165, 1.54) is 22.8 Å². The molecule has 1 N–H and O–H groups in total. The van der Waals surface area contributed by atoms with E-state index in [1.807, 2.05) is 38.1 Å². The van der Waals surface area contributed by atoms with Crippen LogP contribution in [0.5, 0.6) is 0 Å². The van der Waals surface area contributed by atoms with Crippen LogP contribution in [-0.4, -0.2) is 34.0 Å². The zero-order valence-corrected chi connectivity index (χ0v) is 22.0. The van der Waals surface area contributed by atoms with Crippen molar-refractivity contribution in [1.29, 1.82) is 0 Å². The van der Waals surface area contributed by atoms with Crippen molar-refractivity contribution in [1.82, 2.24) is 5.32 Å². The second-order valence-electron chi connectivity index (χ2n) is 9.73. The molecule has 4 rings (SSSR count). The number of nitrogens with one attached hydrogen (secondary N) is 1. The first-order chi connectivity index (χ1) is 17.2. The zero-order valence-electron chi connectivity index (χ0n) is 21.2. The number of carbonyl (C=O) groups excluding carboxylic acids is 1. The minimum atomic E-state index is -3.92. The largest absolute Gasteiger partial charge is 0.371 e. The van der Waals surface area contributed by atoms with Crippen LogP contribution in [0.25, 0.3) is 0 Å². The molecule has 3 aromatic carbocycles. The van der Waals surface area contributed by atoms with Gasteiger partial charge in [-0.05, 0) is 74.6 Å². The highest BCUT2D eigenvalue weighted by Gasteiger charge is 2.27. The lowest BCUT2D eigenvalue weighted by atomic mass is 9.99. The van der Waals surface area contributed by atoms with Gasteiger partial charge in [0.25, 0.3) is 10.0 Å². The second-order valence-corrected chi connectivity index (χ2v) is 11.6. The van der Waals surface area contributed by atoms with E-state index in [0.717, 1.165) is 24.2 Å². The number of hydrogen-bond donors (Lipinski definition) is 1. The zero-order chi connectivity index (χ0) is 25.7. The lowest BCUT2D eigenvalue weighted by Gasteiger charge is -2.33. The Hall–Kier alpha value is -3.32. The van der Waals surface area contributed by atoms with Crippen molar-refractivity contribution in [3.63, 3.8) is 0 Å². The molecule has 0 saturated carbocycles. The Morgan fingerprint density at radius 2 is 1.69 bits per heavy atom. The van der Waals surface area contributed by atoms with E-state index in [-0.39, 0.29) is 23.4 Å². The molecule has 0 spiro atoms. The highest BCUT2D eigenvalue weighted by atomic mass is 32.2. The molecule has 6 nitrogen and oxygen atoms in total. The number of hydrogen-bond acceptors (Lipinski definition) is 4. The Kier molecular flexibility index (Phi) is 7.99. The molecule has 2 atom stereocenters. The third kappa shape index (κ3) is 6.08. The minimum Gasteiger partial charge on any atom is -0.371 e. The molecule has 190 valence electrons. The van der Waals surface area contributed by atoms with Crippen LogP contribution in [0.3, 0.4) is 0 Å². The summed E-state index contributed by atoms with van der Waals surface area (Å²) in [6.45, 7) is 7.96. The highest BCUT2D eigenvalue weighted by Crippen LogP contribution is 2.26. The number of sulfonamides is 1. The molecule has 0 bridgehead atoms. The van der Waals surface area contributed by atoms with Crippen molar-refractivity contribution < 1.29 is 13.2 Å². The van der Waals surface area contributed by atoms with Gasteiger partial charge < -0.3 is 10.2 Å². The number of benzene rings is 3. The Bertz CT molecular complexity index is 1260. The van der Waals surface area contributed by atoms with E-state index in [1.54, 1.807) is 42.5 Å². The lowest BCUT2D eigenvalue weighted by Crippen LogP contribution is -2.41. The smallest absolute Gasteiger partial charge is 0.264 e. The van der Waals surface area contributed by atoms with Gasteiger partial charge in [0.2, 0.25) is 5.91 Å². The maximum atomic E-state index is 13.5. The highest BCUT2D eigenvalue weighted by molar-refractivity contribution is 7.92. The van der Waals surface area contributed by atoms with Crippen LogP contribution in [0.4, 0.5) is 11.4 Å². The fourth-order valence-corrected chi connectivity index (χ4v) is 6.09. The number of amides is 1. The third-order valence-electron chi connectivity index (χ3n) is 6.73. The molecule has 1 amide bonds. The van der Waals surface area contributed by atoms with E-state index in [9.17, 15) is 13.2 Å². The number of rotatable bonds is 8. The van der Waals surface area contributed by atoms with Gasteiger partial charge in [0.15, 0.2) is 0 Å². The summed E-state index contributed by atoms with van der Waals surface area (Å²) in [4.78, 5) is 15.6. The molecule has 0 aliphatic carbocycles. The summed E-state index contributed by atoms with van der Waals surface area (Å²) in [5.74, 6) is 0.330. The van der Waals surface area contributed by atoms with E-state index in [0.29, 0.717) is 11.6 Å². The van der Waals surface area contributed by atoms with Crippen LogP contribution in [0, 0.1) is 12.8 Å². The number of anilines is 2. The first-order valence-electron chi connectivity index (χ1n) is 12.5. The molecule has 0 radical (unpaired) electrons. The topological polar surface area (TPSA) is 69.7 Å². The van der Waals surface area contributed by atoms with Crippen molar-refractivity contribution >= 4 is 27.3 Å². The van der Waals surface area contributed by atoms with Crippen LogP contribution in [0.2, 0.25) is 0 Å². The first kappa shape index (κ1) is 25.8. The molecular weight excluding hydrogens is 470 g/mol. The summed E-state index contributed by atoms with van der Waals surface area (Å²) in [7, 11) is -3.92. The van der Waals surface area contributed by atoms with Crippen molar-refractivity contribution in [2.75, 3.05) is 28.8 Å². The molecule has 2 unspecified atom stereocenters. The molecule has 3 aromatic rings. The predicted molar refractivity (Wildman–Crippen MR) is 146 cm³/mol. The van der Waals surface area contributed by atoms with Gasteiger partial charge in [0.1, 0.15) is 6.54 Å². The van der Waals surface area contributed by atoms with E-state index < -0.39 is 10.0 Å². The summed E-state index contributed by atoms with van der Waals surface area (Å²) in [6, 6.07) is 23.4. The summed E-state index contributed by atoms with van der Waals surface area (Å²) in [6.07, 6.45) is 2.48. The molecule has 1 fully saturated rings. The molecule has 0 aromatic heterocycles. The Morgan fingerprint density at radius 3 is 2.33 bits per heavy atom. The van der Waals surface area contributed by atoms with Gasteiger partial charge in [-0.15, -0.1) is 0 Å².